The van der Waals surface area contributed by atoms with Crippen LogP contribution in [0.1, 0.15) is 6.42 Å². The van der Waals surface area contributed by atoms with Crippen molar-refractivity contribution in [2.45, 2.75) is 16.2 Å². The normalized spacial score (nSPS) is 11.6. The summed E-state index contributed by atoms with van der Waals surface area (Å²) in [6, 6.07) is 7.68. The predicted molar refractivity (Wildman–Crippen MR) is 62.5 cm³/mol. The van der Waals surface area contributed by atoms with Crippen LogP contribution in [-0.4, -0.2) is 0 Å². The van der Waals surface area contributed by atoms with Crippen LogP contribution in [0, 0.1) is 6.08 Å². The summed E-state index contributed by atoms with van der Waals surface area (Å²) in [5.74, 6) is 0. The summed E-state index contributed by atoms with van der Waals surface area (Å²) in [6.07, 6.45) is 10.0. The van der Waals surface area contributed by atoms with Crippen LogP contribution in [-0.2, 0) is 21.7 Å². The molecule has 3 heteroatoms. The summed E-state index contributed by atoms with van der Waals surface area (Å²) in [5, 5.41) is 0. The fraction of sp³-hybridized carbons (Fsp3) is 0.0909. The van der Waals surface area contributed by atoms with Gasteiger partial charge in [-0.05, 0) is 12.1 Å². The van der Waals surface area contributed by atoms with Gasteiger partial charge in [0.1, 0.15) is 0 Å². The van der Waals surface area contributed by atoms with Crippen LogP contribution in [0.2, 0.25) is 0 Å². The van der Waals surface area contributed by atoms with E-state index in [1.54, 1.807) is 0 Å². The van der Waals surface area contributed by atoms with Crippen LogP contribution in [0.4, 0.5) is 0 Å². The average Bonchev–Trinajstić information content (AvgIpc) is 2.68. The third-order valence-corrected chi connectivity index (χ3v) is 2.42. The molecule has 0 unspecified atom stereocenters. The van der Waals surface area contributed by atoms with E-state index in [1.807, 2.05) is 36.4 Å². The largest absolute Gasteiger partial charge is 0.273 e. The molecule has 0 aliphatic heterocycles. The minimum Gasteiger partial charge on any atom is -0.273 e. The van der Waals surface area contributed by atoms with Gasteiger partial charge in [0.15, 0.2) is 0 Å². The van der Waals surface area contributed by atoms with Crippen molar-refractivity contribution >= 4 is 25.3 Å². The topological polar surface area (TPSA) is 0 Å². The Balaban J connectivity index is 0.000000246. The fourth-order valence-corrected chi connectivity index (χ4v) is 1.13. The summed E-state index contributed by atoms with van der Waals surface area (Å²) >= 11 is 8.24. The molecule has 0 amide bonds. The molecule has 0 fully saturated rings. The van der Waals surface area contributed by atoms with Crippen molar-refractivity contribution in [2.75, 3.05) is 0 Å². The Labute approximate surface area is 111 Å². The summed E-state index contributed by atoms with van der Waals surface area (Å²) in [6.45, 7) is 0. The Kier molecular flexibility index (Phi) is 8.49. The van der Waals surface area contributed by atoms with E-state index in [1.165, 1.54) is 0 Å². The van der Waals surface area contributed by atoms with Crippen LogP contribution in [0.15, 0.2) is 52.3 Å². The van der Waals surface area contributed by atoms with Crippen LogP contribution < -0.4 is 0 Å². The molecule has 1 aromatic rings. The van der Waals surface area contributed by atoms with Crippen molar-refractivity contribution in [3.8, 4) is 0 Å². The number of hydrogen-bond donors (Lipinski definition) is 2. The van der Waals surface area contributed by atoms with Gasteiger partial charge in [0.25, 0.3) is 0 Å². The van der Waals surface area contributed by atoms with Gasteiger partial charge >= 0.3 is 0 Å². The maximum absolute atomic E-state index is 4.12. The van der Waals surface area contributed by atoms with Gasteiger partial charge in [-0.3, -0.25) is 6.08 Å². The van der Waals surface area contributed by atoms with E-state index >= 15 is 0 Å². The van der Waals surface area contributed by atoms with E-state index in [0.29, 0.717) is 0 Å². The number of benzene rings is 1. The zero-order valence-corrected chi connectivity index (χ0v) is 11.0. The maximum atomic E-state index is 4.12. The second-order valence-corrected chi connectivity index (χ2v) is 3.46. The van der Waals surface area contributed by atoms with Crippen molar-refractivity contribution < 1.29 is 21.7 Å². The maximum Gasteiger partial charge on any atom is 0.0174 e. The Morgan fingerprint density at radius 3 is 1.86 bits per heavy atom. The van der Waals surface area contributed by atoms with E-state index < -0.39 is 0 Å². The summed E-state index contributed by atoms with van der Waals surface area (Å²) < 4.78 is 0. The molecule has 0 atom stereocenters. The minimum absolute atomic E-state index is 0. The van der Waals surface area contributed by atoms with E-state index in [-0.39, 0.29) is 21.7 Å². The number of hydrogen-bond acceptors (Lipinski definition) is 2. The summed E-state index contributed by atoms with van der Waals surface area (Å²) in [4.78, 5) is 1.85. The first-order chi connectivity index (χ1) is 6.30. The molecule has 0 nitrogen and oxygen atoms in total. The van der Waals surface area contributed by atoms with Gasteiger partial charge in [0, 0.05) is 31.5 Å². The van der Waals surface area contributed by atoms with E-state index in [9.17, 15) is 0 Å². The zero-order valence-electron chi connectivity index (χ0n) is 7.64. The van der Waals surface area contributed by atoms with Crippen LogP contribution in [0.5, 0.6) is 0 Å². The molecule has 0 saturated heterocycles. The van der Waals surface area contributed by atoms with Gasteiger partial charge < -0.3 is 0 Å². The Morgan fingerprint density at radius 2 is 1.64 bits per heavy atom. The number of rotatable bonds is 0. The third kappa shape index (κ3) is 5.76. The second-order valence-electron chi connectivity index (χ2n) is 2.49. The average molecular weight is 255 g/mol. The summed E-state index contributed by atoms with van der Waals surface area (Å²) in [5.41, 5.74) is 0. The van der Waals surface area contributed by atoms with E-state index in [4.69, 9.17) is 0 Å². The zero-order chi connectivity index (χ0) is 9.52. The standard InChI is InChI=1S/C6H6S2.C5H5.Ti/c7-5-3-1-2-4-6(5)8;1-2-4-5-3-1;/h1-4,7-8H;1-3H,4H2;/q;-1;. The molecule has 72 valence electrons. The van der Waals surface area contributed by atoms with Gasteiger partial charge in [-0.25, -0.2) is 12.2 Å². The summed E-state index contributed by atoms with van der Waals surface area (Å²) in [7, 11) is 0. The van der Waals surface area contributed by atoms with Crippen molar-refractivity contribution in [3.05, 3.63) is 48.6 Å². The molecular weight excluding hydrogens is 244 g/mol. The molecule has 0 bridgehead atoms. The van der Waals surface area contributed by atoms with Crippen molar-refractivity contribution in [2.24, 2.45) is 0 Å². The molecule has 0 aromatic heterocycles. The molecule has 0 saturated carbocycles. The number of thiol groups is 2. The first kappa shape index (κ1) is 14.1. The van der Waals surface area contributed by atoms with Gasteiger partial charge in [0.2, 0.25) is 0 Å². The molecule has 0 N–H and O–H groups in total. The Hall–Kier alpha value is 0.114. The molecule has 1 aliphatic rings. The van der Waals surface area contributed by atoms with Gasteiger partial charge in [-0.15, -0.1) is 31.7 Å². The Morgan fingerprint density at radius 1 is 1.07 bits per heavy atom. The Bertz CT molecular complexity index is 288. The molecule has 0 radical (unpaired) electrons. The van der Waals surface area contributed by atoms with Crippen LogP contribution in [0.3, 0.4) is 0 Å². The first-order valence-electron chi connectivity index (χ1n) is 3.99. The third-order valence-electron chi connectivity index (χ3n) is 1.47. The fourth-order valence-electron chi connectivity index (χ4n) is 0.804. The van der Waals surface area contributed by atoms with E-state index in [0.717, 1.165) is 16.2 Å². The molecule has 1 aliphatic carbocycles. The monoisotopic (exact) mass is 255 g/mol. The molecular formula is C11H11S2Ti-. The first-order valence-corrected chi connectivity index (χ1v) is 4.89. The van der Waals surface area contributed by atoms with Gasteiger partial charge in [0.05, 0.1) is 0 Å². The van der Waals surface area contributed by atoms with E-state index in [2.05, 4.69) is 37.4 Å². The van der Waals surface area contributed by atoms with Crippen molar-refractivity contribution in [3.63, 3.8) is 0 Å². The molecule has 0 spiro atoms. The van der Waals surface area contributed by atoms with Crippen molar-refractivity contribution in [1.82, 2.24) is 0 Å². The predicted octanol–water partition coefficient (Wildman–Crippen LogP) is 3.57. The molecule has 0 heterocycles. The quantitative estimate of drug-likeness (QED) is 0.395. The second kappa shape index (κ2) is 8.42. The van der Waals surface area contributed by atoms with Crippen LogP contribution >= 0.6 is 25.3 Å². The molecule has 14 heavy (non-hydrogen) atoms. The molecule has 2 rings (SSSR count). The van der Waals surface area contributed by atoms with Gasteiger partial charge in [-0.1, -0.05) is 12.1 Å². The number of allylic oxidation sites excluding steroid dienone is 4. The van der Waals surface area contributed by atoms with Crippen molar-refractivity contribution in [1.29, 1.82) is 0 Å². The SMILES string of the molecule is Sc1ccccc1S.[C-]1=CC=CC1.[Ti]. The smallest absolute Gasteiger partial charge is 0.0174 e. The van der Waals surface area contributed by atoms with Crippen LogP contribution in [0.25, 0.3) is 0 Å². The van der Waals surface area contributed by atoms with Gasteiger partial charge in [-0.2, -0.15) is 6.08 Å². The minimum atomic E-state index is 0. The molecule has 1 aromatic carbocycles.